The molecule has 0 bridgehead atoms. The van der Waals surface area contributed by atoms with E-state index in [0.29, 0.717) is 5.88 Å². The molecule has 3 heteroatoms. The smallest absolute Gasteiger partial charge is 0.125 e. The van der Waals surface area contributed by atoms with Gasteiger partial charge in [0.25, 0.3) is 0 Å². The maximum Gasteiger partial charge on any atom is 0.125 e. The second kappa shape index (κ2) is 5.87. The summed E-state index contributed by atoms with van der Waals surface area (Å²) in [6.07, 6.45) is 0. The lowest BCUT2D eigenvalue weighted by Gasteiger charge is -2.23. The van der Waals surface area contributed by atoms with Crippen molar-refractivity contribution in [1.82, 2.24) is 0 Å². The van der Waals surface area contributed by atoms with Gasteiger partial charge in [0, 0.05) is 23.8 Å². The monoisotopic (exact) mass is 263 g/mol. The van der Waals surface area contributed by atoms with E-state index in [4.69, 9.17) is 11.6 Å². The summed E-state index contributed by atoms with van der Waals surface area (Å²) in [4.78, 5) is 2.05. The Hall–Kier alpha value is -1.54. The summed E-state index contributed by atoms with van der Waals surface area (Å²) >= 11 is 5.78. The first kappa shape index (κ1) is 12.9. The minimum absolute atomic E-state index is 0.252. The molecule has 0 saturated heterocycles. The Morgan fingerprint density at radius 3 is 2.39 bits per heavy atom. The molecule has 0 heterocycles. The molecule has 1 nitrogen and oxygen atoms in total. The molecule has 2 aromatic carbocycles. The van der Waals surface area contributed by atoms with E-state index in [1.54, 1.807) is 0 Å². The number of alkyl halides is 1. The third-order valence-corrected chi connectivity index (χ3v) is 3.10. The highest BCUT2D eigenvalue weighted by Gasteiger charge is 2.09. The fourth-order valence-corrected chi connectivity index (χ4v) is 2.14. The second-order valence-electron chi connectivity index (χ2n) is 4.03. The van der Waals surface area contributed by atoms with E-state index in [1.165, 1.54) is 12.1 Å². The molecule has 0 spiro atoms. The van der Waals surface area contributed by atoms with Crippen molar-refractivity contribution < 1.29 is 4.39 Å². The van der Waals surface area contributed by atoms with E-state index in [0.717, 1.165) is 23.5 Å². The van der Waals surface area contributed by atoms with Crippen molar-refractivity contribution in [3.63, 3.8) is 0 Å². The molecule has 0 fully saturated rings. The standard InChI is InChI=1S/C15H15ClFN/c1-2-18(14-6-4-3-5-7-14)15-9-12(11-16)8-13(17)10-15/h3-10H,2,11H2,1H3. The first-order valence-electron chi connectivity index (χ1n) is 5.92. The molecule has 0 aliphatic carbocycles. The molecule has 0 aromatic heterocycles. The van der Waals surface area contributed by atoms with Crippen molar-refractivity contribution in [3.8, 4) is 0 Å². The zero-order chi connectivity index (χ0) is 13.0. The van der Waals surface area contributed by atoms with Gasteiger partial charge in [-0.15, -0.1) is 11.6 Å². The quantitative estimate of drug-likeness (QED) is 0.722. The maximum absolute atomic E-state index is 13.5. The van der Waals surface area contributed by atoms with Gasteiger partial charge >= 0.3 is 0 Å². The maximum atomic E-state index is 13.5. The lowest BCUT2D eigenvalue weighted by molar-refractivity contribution is 0.626. The minimum atomic E-state index is -0.252. The van der Waals surface area contributed by atoms with Gasteiger partial charge in [0.1, 0.15) is 5.82 Å². The molecule has 2 aromatic rings. The lowest BCUT2D eigenvalue weighted by atomic mass is 10.2. The molecule has 0 radical (unpaired) electrons. The van der Waals surface area contributed by atoms with Crippen LogP contribution in [0.5, 0.6) is 0 Å². The van der Waals surface area contributed by atoms with Crippen molar-refractivity contribution in [2.24, 2.45) is 0 Å². The summed E-state index contributed by atoms with van der Waals surface area (Å²) in [7, 11) is 0. The Balaban J connectivity index is 2.42. The van der Waals surface area contributed by atoms with Crippen LogP contribution in [0.3, 0.4) is 0 Å². The third kappa shape index (κ3) is 2.82. The van der Waals surface area contributed by atoms with Crippen molar-refractivity contribution in [3.05, 3.63) is 59.9 Å². The van der Waals surface area contributed by atoms with Crippen LogP contribution in [0, 0.1) is 5.82 Å². The Kier molecular flexibility index (Phi) is 4.21. The third-order valence-electron chi connectivity index (χ3n) is 2.79. The predicted octanol–water partition coefficient (Wildman–Crippen LogP) is 4.72. The lowest BCUT2D eigenvalue weighted by Crippen LogP contribution is -2.16. The van der Waals surface area contributed by atoms with Crippen molar-refractivity contribution in [2.75, 3.05) is 11.4 Å². The zero-order valence-electron chi connectivity index (χ0n) is 10.2. The van der Waals surface area contributed by atoms with Crippen LogP contribution in [0.15, 0.2) is 48.5 Å². The fraction of sp³-hybridized carbons (Fsp3) is 0.200. The molecule has 0 aliphatic heterocycles. The number of anilines is 2. The summed E-state index contributed by atoms with van der Waals surface area (Å²) < 4.78 is 13.5. The van der Waals surface area contributed by atoms with Crippen LogP contribution in [0.25, 0.3) is 0 Å². The van der Waals surface area contributed by atoms with Crippen LogP contribution < -0.4 is 4.90 Å². The number of rotatable bonds is 4. The Labute approximate surface area is 112 Å². The second-order valence-corrected chi connectivity index (χ2v) is 4.30. The topological polar surface area (TPSA) is 3.24 Å². The van der Waals surface area contributed by atoms with Gasteiger partial charge in [0.2, 0.25) is 0 Å². The molecule has 2 rings (SSSR count). The number of halogens is 2. The van der Waals surface area contributed by atoms with E-state index in [9.17, 15) is 4.39 Å². The van der Waals surface area contributed by atoms with Gasteiger partial charge in [-0.05, 0) is 42.8 Å². The predicted molar refractivity (Wildman–Crippen MR) is 75.1 cm³/mol. The molecule has 0 atom stereocenters. The van der Waals surface area contributed by atoms with E-state index in [1.807, 2.05) is 43.3 Å². The van der Waals surface area contributed by atoms with Gasteiger partial charge in [-0.3, -0.25) is 0 Å². The van der Waals surface area contributed by atoms with Gasteiger partial charge < -0.3 is 4.90 Å². The highest BCUT2D eigenvalue weighted by Crippen LogP contribution is 2.27. The Morgan fingerprint density at radius 2 is 1.78 bits per heavy atom. The number of nitrogens with zero attached hydrogens (tertiary/aromatic N) is 1. The normalized spacial score (nSPS) is 10.4. The van der Waals surface area contributed by atoms with Gasteiger partial charge in [0.05, 0.1) is 0 Å². The van der Waals surface area contributed by atoms with Crippen molar-refractivity contribution in [1.29, 1.82) is 0 Å². The molecule has 94 valence electrons. The van der Waals surface area contributed by atoms with Gasteiger partial charge in [-0.2, -0.15) is 0 Å². The molecule has 0 unspecified atom stereocenters. The van der Waals surface area contributed by atoms with Crippen LogP contribution in [-0.4, -0.2) is 6.54 Å². The summed E-state index contributed by atoms with van der Waals surface area (Å²) in [5.74, 6) is 0.0643. The van der Waals surface area contributed by atoms with Crippen LogP contribution in [0.1, 0.15) is 12.5 Å². The van der Waals surface area contributed by atoms with E-state index in [-0.39, 0.29) is 5.82 Å². The molecule has 18 heavy (non-hydrogen) atoms. The molecule has 0 N–H and O–H groups in total. The van der Waals surface area contributed by atoms with E-state index >= 15 is 0 Å². The molecular weight excluding hydrogens is 249 g/mol. The summed E-state index contributed by atoms with van der Waals surface area (Å²) in [6, 6.07) is 14.9. The Morgan fingerprint density at radius 1 is 1.06 bits per heavy atom. The first-order chi connectivity index (χ1) is 8.74. The minimum Gasteiger partial charge on any atom is -0.342 e. The highest BCUT2D eigenvalue weighted by atomic mass is 35.5. The molecule has 0 amide bonds. The SMILES string of the molecule is CCN(c1ccccc1)c1cc(F)cc(CCl)c1. The highest BCUT2D eigenvalue weighted by molar-refractivity contribution is 6.17. The van der Waals surface area contributed by atoms with Crippen molar-refractivity contribution >= 4 is 23.0 Å². The summed E-state index contributed by atoms with van der Waals surface area (Å²) in [6.45, 7) is 2.81. The average molecular weight is 264 g/mol. The summed E-state index contributed by atoms with van der Waals surface area (Å²) in [5, 5.41) is 0. The van der Waals surface area contributed by atoms with E-state index < -0.39 is 0 Å². The molecule has 0 saturated carbocycles. The van der Waals surface area contributed by atoms with Gasteiger partial charge in [0.15, 0.2) is 0 Å². The van der Waals surface area contributed by atoms with Crippen LogP contribution in [0.2, 0.25) is 0 Å². The summed E-state index contributed by atoms with van der Waals surface area (Å²) in [5.41, 5.74) is 2.67. The van der Waals surface area contributed by atoms with Crippen LogP contribution in [-0.2, 0) is 5.88 Å². The molecular formula is C15H15ClFN. The number of benzene rings is 2. The van der Waals surface area contributed by atoms with Gasteiger partial charge in [-0.25, -0.2) is 4.39 Å². The fourth-order valence-electron chi connectivity index (χ4n) is 1.99. The molecule has 0 aliphatic rings. The van der Waals surface area contributed by atoms with E-state index in [2.05, 4.69) is 4.90 Å². The average Bonchev–Trinajstić information content (AvgIpc) is 2.40. The van der Waals surface area contributed by atoms with Crippen LogP contribution >= 0.6 is 11.6 Å². The number of para-hydroxylation sites is 1. The largest absolute Gasteiger partial charge is 0.342 e. The Bertz CT molecular complexity index is 513. The van der Waals surface area contributed by atoms with Crippen LogP contribution in [0.4, 0.5) is 15.8 Å². The number of hydrogen-bond donors (Lipinski definition) is 0. The first-order valence-corrected chi connectivity index (χ1v) is 6.46. The zero-order valence-corrected chi connectivity index (χ0v) is 11.0. The van der Waals surface area contributed by atoms with Crippen molar-refractivity contribution in [2.45, 2.75) is 12.8 Å². The number of hydrogen-bond acceptors (Lipinski definition) is 1. The van der Waals surface area contributed by atoms with Gasteiger partial charge in [-0.1, -0.05) is 18.2 Å².